The molecule has 0 spiro atoms. The van der Waals surface area contributed by atoms with Gasteiger partial charge in [-0.3, -0.25) is 4.79 Å². The van der Waals surface area contributed by atoms with Gasteiger partial charge in [0, 0.05) is 68.7 Å². The van der Waals surface area contributed by atoms with Crippen LogP contribution in [0.5, 0.6) is 0 Å². The van der Waals surface area contributed by atoms with Gasteiger partial charge >= 0.3 is 6.09 Å². The molecule has 0 aliphatic carbocycles. The van der Waals surface area contributed by atoms with Gasteiger partial charge in [0.15, 0.2) is 12.1 Å². The van der Waals surface area contributed by atoms with E-state index in [-0.39, 0.29) is 11.1 Å². The molecule has 34 heavy (non-hydrogen) atoms. The number of aldehydes is 1. The van der Waals surface area contributed by atoms with Crippen LogP contribution in [0.25, 0.3) is 0 Å². The number of carbonyl (C=O) groups is 2. The molecule has 0 bridgehead atoms. The summed E-state index contributed by atoms with van der Waals surface area (Å²) in [6, 6.07) is 4.62. The molecule has 1 aromatic heterocycles. The van der Waals surface area contributed by atoms with Gasteiger partial charge in [0.2, 0.25) is 0 Å². The third-order valence-electron chi connectivity index (χ3n) is 5.75. The number of piperazine rings is 1. The number of nitrogens with one attached hydrogen (secondary N) is 2. The van der Waals surface area contributed by atoms with Gasteiger partial charge < -0.3 is 25.2 Å². The second-order valence-electron chi connectivity index (χ2n) is 8.04. The number of alkyl halides is 2. The van der Waals surface area contributed by atoms with E-state index in [0.29, 0.717) is 19.4 Å². The summed E-state index contributed by atoms with van der Waals surface area (Å²) in [5.74, 6) is 0.739. The number of anilines is 2. The molecule has 1 unspecified atom stereocenters. The summed E-state index contributed by atoms with van der Waals surface area (Å²) in [6.45, 7) is 6.95. The van der Waals surface area contributed by atoms with Crippen LogP contribution in [0.1, 0.15) is 34.1 Å². The van der Waals surface area contributed by atoms with Gasteiger partial charge in [-0.1, -0.05) is 9.24 Å². The van der Waals surface area contributed by atoms with Crippen molar-refractivity contribution >= 4 is 33.1 Å². The quantitative estimate of drug-likeness (QED) is 0.483. The Kier molecular flexibility index (Phi) is 8.57. The monoisotopic (exact) mass is 496 g/mol. The predicted octanol–water partition coefficient (Wildman–Crippen LogP) is 2.71. The number of hydrogen-bond donors (Lipinski definition) is 2. The van der Waals surface area contributed by atoms with Crippen molar-refractivity contribution < 1.29 is 23.1 Å². The van der Waals surface area contributed by atoms with Crippen molar-refractivity contribution in [2.24, 2.45) is 0 Å². The average molecular weight is 496 g/mol. The van der Waals surface area contributed by atoms with Gasteiger partial charge in [-0.05, 0) is 32.2 Å². The van der Waals surface area contributed by atoms with E-state index in [2.05, 4.69) is 25.5 Å². The zero-order chi connectivity index (χ0) is 24.9. The third kappa shape index (κ3) is 5.89. The lowest BCUT2D eigenvalue weighted by Gasteiger charge is -2.34. The van der Waals surface area contributed by atoms with Crippen molar-refractivity contribution in [3.63, 3.8) is 0 Å². The van der Waals surface area contributed by atoms with E-state index in [1.54, 1.807) is 20.0 Å². The summed E-state index contributed by atoms with van der Waals surface area (Å²) in [4.78, 5) is 26.7. The molecule has 0 saturated carbocycles. The minimum atomic E-state index is -3.08. The molecule has 2 aliphatic rings. The third-order valence-corrected chi connectivity index (χ3v) is 6.06. The molecule has 9 nitrogen and oxygen atoms in total. The lowest BCUT2D eigenvalue weighted by atomic mass is 10.1. The van der Waals surface area contributed by atoms with Gasteiger partial charge in [0.25, 0.3) is 5.66 Å². The van der Waals surface area contributed by atoms with Crippen molar-refractivity contribution in [1.82, 2.24) is 20.0 Å². The first-order valence-corrected chi connectivity index (χ1v) is 11.6. The second-order valence-corrected chi connectivity index (χ2v) is 8.77. The lowest BCUT2D eigenvalue weighted by molar-refractivity contribution is 0.0987. The first-order chi connectivity index (χ1) is 16.2. The zero-order valence-corrected chi connectivity index (χ0v) is 20.8. The molecule has 0 radical (unpaired) electrons. The molecular formula is C22H31F2N6O3P. The summed E-state index contributed by atoms with van der Waals surface area (Å²) < 4.78 is 33.2. The SMILES string of the molecule is CCOC(=O)n1nc(NC)c2c1CNC2.CN1CCN(c2ccc(C=O)c(C(F)(F)P)c2)CC1. The van der Waals surface area contributed by atoms with Gasteiger partial charge in [-0.15, -0.1) is 5.10 Å². The van der Waals surface area contributed by atoms with Crippen molar-refractivity contribution in [2.75, 3.05) is 57.1 Å². The molecular weight excluding hydrogens is 465 g/mol. The largest absolute Gasteiger partial charge is 0.448 e. The Labute approximate surface area is 200 Å². The van der Waals surface area contributed by atoms with E-state index in [1.807, 2.05) is 7.05 Å². The summed E-state index contributed by atoms with van der Waals surface area (Å²) in [7, 11) is 5.32. The smallest absolute Gasteiger partial charge is 0.435 e. The molecule has 1 saturated heterocycles. The van der Waals surface area contributed by atoms with Gasteiger partial charge in [0.05, 0.1) is 12.3 Å². The van der Waals surface area contributed by atoms with Crippen molar-refractivity contribution in [1.29, 1.82) is 0 Å². The zero-order valence-electron chi connectivity index (χ0n) is 19.6. The van der Waals surface area contributed by atoms with Crippen LogP contribution in [-0.2, 0) is 23.5 Å². The normalized spacial score (nSPS) is 15.9. The highest BCUT2D eigenvalue weighted by Crippen LogP contribution is 2.38. The molecule has 186 valence electrons. The molecule has 2 aliphatic heterocycles. The van der Waals surface area contributed by atoms with Crippen LogP contribution in [0.4, 0.5) is 25.1 Å². The fraction of sp³-hybridized carbons (Fsp3) is 0.500. The standard InChI is InChI=1S/C13H17F2N2OP.C9H14N4O2/c1-16-4-6-17(7-5-16)11-3-2-10(9-18)12(8-11)13(14,15)19;1-3-15-9(14)13-7-5-11-4-6(7)8(10-2)12-13/h2-3,8-9H,4-7,19H2,1H3;11H,3-5H2,1-2H3,(H,10,12). The van der Waals surface area contributed by atoms with E-state index in [9.17, 15) is 18.4 Å². The van der Waals surface area contributed by atoms with E-state index in [0.717, 1.165) is 55.5 Å². The maximum Gasteiger partial charge on any atom is 0.435 e. The Balaban J connectivity index is 0.000000196. The first kappa shape index (κ1) is 26.0. The van der Waals surface area contributed by atoms with Crippen molar-refractivity contribution in [3.05, 3.63) is 40.6 Å². The van der Waals surface area contributed by atoms with Crippen LogP contribution in [-0.4, -0.2) is 73.9 Å². The van der Waals surface area contributed by atoms with Gasteiger partial charge in [0.1, 0.15) is 0 Å². The number of likely N-dealkylation sites (N-methyl/N-ethyl adjacent to an activating group) is 1. The molecule has 2 N–H and O–H groups in total. The fourth-order valence-electron chi connectivity index (χ4n) is 3.89. The number of carbonyl (C=O) groups excluding carboxylic acids is 2. The van der Waals surface area contributed by atoms with Crippen LogP contribution in [0.3, 0.4) is 0 Å². The Morgan fingerprint density at radius 1 is 1.29 bits per heavy atom. The van der Waals surface area contributed by atoms with Crippen LogP contribution in [0.15, 0.2) is 18.2 Å². The topological polar surface area (TPSA) is 91.7 Å². The van der Waals surface area contributed by atoms with Crippen molar-refractivity contribution in [3.8, 4) is 0 Å². The number of ether oxygens (including phenoxy) is 1. The number of benzene rings is 1. The van der Waals surface area contributed by atoms with Gasteiger partial charge in [-0.2, -0.15) is 13.5 Å². The maximum absolute atomic E-state index is 13.5. The van der Waals surface area contributed by atoms with E-state index in [4.69, 9.17) is 4.74 Å². The fourth-order valence-corrected chi connectivity index (χ4v) is 4.14. The number of nitrogens with zero attached hydrogens (tertiary/aromatic N) is 4. The first-order valence-electron chi connectivity index (χ1n) is 11.1. The average Bonchev–Trinajstić information content (AvgIpc) is 3.42. The molecule has 4 rings (SSSR count). The Morgan fingerprint density at radius 3 is 2.59 bits per heavy atom. The molecule has 12 heteroatoms. The number of fused-ring (bicyclic) bond motifs is 1. The minimum Gasteiger partial charge on any atom is -0.448 e. The Hall–Kier alpha value is -2.62. The van der Waals surface area contributed by atoms with Gasteiger partial charge in [-0.25, -0.2) is 4.79 Å². The Morgan fingerprint density at radius 2 is 2.00 bits per heavy atom. The molecule has 1 aromatic carbocycles. The van der Waals surface area contributed by atoms with Crippen LogP contribution < -0.4 is 15.5 Å². The molecule has 0 amide bonds. The van der Waals surface area contributed by atoms with E-state index < -0.39 is 11.8 Å². The molecule has 1 fully saturated rings. The molecule has 1 atom stereocenters. The van der Waals surface area contributed by atoms with Crippen LogP contribution in [0.2, 0.25) is 0 Å². The highest BCUT2D eigenvalue weighted by Gasteiger charge is 2.29. The summed E-state index contributed by atoms with van der Waals surface area (Å²) in [5, 5.41) is 10.3. The highest BCUT2D eigenvalue weighted by atomic mass is 31.0. The number of hydrogen-bond acceptors (Lipinski definition) is 8. The number of aromatic nitrogens is 2. The summed E-state index contributed by atoms with van der Waals surface area (Å²) >= 11 is 0. The molecule has 2 aromatic rings. The summed E-state index contributed by atoms with van der Waals surface area (Å²) in [6.07, 6.45) is 0.0556. The minimum absolute atomic E-state index is 0.0397. The van der Waals surface area contributed by atoms with Crippen LogP contribution >= 0.6 is 9.24 Å². The second kappa shape index (κ2) is 11.2. The lowest BCUT2D eigenvalue weighted by Crippen LogP contribution is -2.44. The van der Waals surface area contributed by atoms with E-state index >= 15 is 0 Å². The summed E-state index contributed by atoms with van der Waals surface area (Å²) in [5.41, 5.74) is -0.597. The van der Waals surface area contributed by atoms with Crippen molar-refractivity contribution in [2.45, 2.75) is 25.7 Å². The maximum atomic E-state index is 13.5. The van der Waals surface area contributed by atoms with E-state index in [1.165, 1.54) is 26.1 Å². The number of halogens is 2. The predicted molar refractivity (Wildman–Crippen MR) is 130 cm³/mol. The highest BCUT2D eigenvalue weighted by molar-refractivity contribution is 7.17. The number of rotatable bonds is 5. The molecule has 3 heterocycles. The Bertz CT molecular complexity index is 1020. The van der Waals surface area contributed by atoms with Crippen LogP contribution in [0, 0.1) is 0 Å².